The van der Waals surface area contributed by atoms with Gasteiger partial charge in [-0.05, 0) is 46.9 Å². The van der Waals surface area contributed by atoms with Gasteiger partial charge in [0.15, 0.2) is 0 Å². The number of rotatable bonds is 7. The van der Waals surface area contributed by atoms with E-state index >= 15 is 0 Å². The molecule has 1 atom stereocenters. The van der Waals surface area contributed by atoms with E-state index in [1.165, 1.54) is 0 Å². The van der Waals surface area contributed by atoms with E-state index in [0.29, 0.717) is 24.3 Å². The molecule has 0 unspecified atom stereocenters. The summed E-state index contributed by atoms with van der Waals surface area (Å²) >= 11 is 0. The standard InChI is InChI=1S/C28H26N2O3/c31-18-23(16-22-17-29-26-9-5-4-8-24(22)26)30-28(32)25-15-20(14-21-12-13-33-27(21)25)11-10-19-6-2-1-3-7-19/h1-11,14-15,17,23,29,31H,12-13,16,18H2,(H,30,32)/b11-10+/t23-/m1/s1. The van der Waals surface area contributed by atoms with E-state index in [4.69, 9.17) is 4.74 Å². The molecule has 1 aromatic heterocycles. The number of amides is 1. The van der Waals surface area contributed by atoms with Gasteiger partial charge in [0.2, 0.25) is 0 Å². The molecule has 2 heterocycles. The Morgan fingerprint density at radius 1 is 1.06 bits per heavy atom. The third-order valence-electron chi connectivity index (χ3n) is 6.02. The van der Waals surface area contributed by atoms with Crippen LogP contribution >= 0.6 is 0 Å². The Balaban J connectivity index is 1.38. The number of nitrogens with one attached hydrogen (secondary N) is 2. The fourth-order valence-corrected chi connectivity index (χ4v) is 4.34. The zero-order valence-corrected chi connectivity index (χ0v) is 18.3. The molecular formula is C28H26N2O3. The lowest BCUT2D eigenvalue weighted by Gasteiger charge is -2.17. The molecule has 1 aliphatic rings. The van der Waals surface area contributed by atoms with E-state index in [2.05, 4.69) is 16.4 Å². The van der Waals surface area contributed by atoms with Crippen molar-refractivity contribution in [1.29, 1.82) is 0 Å². The van der Waals surface area contributed by atoms with Crippen LogP contribution in [0.25, 0.3) is 23.1 Å². The highest BCUT2D eigenvalue weighted by atomic mass is 16.5. The maximum atomic E-state index is 13.3. The van der Waals surface area contributed by atoms with Crippen LogP contribution in [0.15, 0.2) is 72.9 Å². The second-order valence-corrected chi connectivity index (χ2v) is 8.32. The Labute approximate surface area is 192 Å². The number of para-hydroxylation sites is 1. The fraction of sp³-hybridized carbons (Fsp3) is 0.179. The summed E-state index contributed by atoms with van der Waals surface area (Å²) in [5.74, 6) is 0.412. The van der Waals surface area contributed by atoms with Crippen LogP contribution in [0.5, 0.6) is 5.75 Å². The lowest BCUT2D eigenvalue weighted by molar-refractivity contribution is 0.0913. The molecule has 166 valence electrons. The minimum atomic E-state index is -0.405. The van der Waals surface area contributed by atoms with Gasteiger partial charge in [-0.25, -0.2) is 0 Å². The first kappa shape index (κ1) is 21.0. The third kappa shape index (κ3) is 4.54. The second-order valence-electron chi connectivity index (χ2n) is 8.32. The number of aromatic nitrogens is 1. The van der Waals surface area contributed by atoms with Crippen molar-refractivity contribution >= 4 is 29.0 Å². The molecule has 0 radical (unpaired) electrons. The number of carbonyl (C=O) groups is 1. The average Bonchev–Trinajstić information content (AvgIpc) is 3.49. The summed E-state index contributed by atoms with van der Waals surface area (Å²) < 4.78 is 5.79. The Hall–Kier alpha value is -3.83. The first-order valence-corrected chi connectivity index (χ1v) is 11.2. The number of benzene rings is 3. The predicted molar refractivity (Wildman–Crippen MR) is 131 cm³/mol. The van der Waals surface area contributed by atoms with E-state index in [0.717, 1.165) is 39.6 Å². The number of carbonyl (C=O) groups excluding carboxylic acids is 1. The highest BCUT2D eigenvalue weighted by Crippen LogP contribution is 2.32. The molecule has 0 bridgehead atoms. The van der Waals surface area contributed by atoms with E-state index in [1.54, 1.807) is 0 Å². The van der Waals surface area contributed by atoms with Crippen LogP contribution in [0.3, 0.4) is 0 Å². The monoisotopic (exact) mass is 438 g/mol. The molecular weight excluding hydrogens is 412 g/mol. The van der Waals surface area contributed by atoms with Gasteiger partial charge in [0.1, 0.15) is 5.75 Å². The summed E-state index contributed by atoms with van der Waals surface area (Å²) in [6.07, 6.45) is 7.30. The Bertz CT molecular complexity index is 1310. The number of aromatic amines is 1. The predicted octanol–water partition coefficient (Wildman–Crippen LogP) is 4.61. The van der Waals surface area contributed by atoms with Gasteiger partial charge in [-0.2, -0.15) is 0 Å². The zero-order valence-electron chi connectivity index (χ0n) is 18.3. The summed E-state index contributed by atoms with van der Waals surface area (Å²) in [5, 5.41) is 14.1. The van der Waals surface area contributed by atoms with Gasteiger partial charge < -0.3 is 20.1 Å². The molecule has 0 spiro atoms. The number of aliphatic hydroxyl groups is 1. The molecule has 0 saturated carbocycles. The summed E-state index contributed by atoms with van der Waals surface area (Å²) in [4.78, 5) is 16.5. The Kier molecular flexibility index (Phi) is 5.96. The topological polar surface area (TPSA) is 74.4 Å². The van der Waals surface area contributed by atoms with Gasteiger partial charge in [-0.15, -0.1) is 0 Å². The third-order valence-corrected chi connectivity index (χ3v) is 6.02. The van der Waals surface area contributed by atoms with Gasteiger partial charge in [0.25, 0.3) is 5.91 Å². The lowest BCUT2D eigenvalue weighted by Crippen LogP contribution is -2.39. The van der Waals surface area contributed by atoms with Crippen LogP contribution in [0.2, 0.25) is 0 Å². The number of hydrogen-bond donors (Lipinski definition) is 3. The minimum Gasteiger partial charge on any atom is -0.492 e. The van der Waals surface area contributed by atoms with E-state index in [-0.39, 0.29) is 12.5 Å². The van der Waals surface area contributed by atoms with E-state index < -0.39 is 6.04 Å². The molecule has 5 rings (SSSR count). The maximum Gasteiger partial charge on any atom is 0.255 e. The van der Waals surface area contributed by atoms with Crippen LogP contribution in [0.1, 0.15) is 32.6 Å². The van der Waals surface area contributed by atoms with Crippen molar-refractivity contribution in [3.63, 3.8) is 0 Å². The highest BCUT2D eigenvalue weighted by molar-refractivity contribution is 5.98. The number of fused-ring (bicyclic) bond motifs is 2. The lowest BCUT2D eigenvalue weighted by atomic mass is 10.0. The van der Waals surface area contributed by atoms with Crippen LogP contribution in [-0.4, -0.2) is 35.3 Å². The average molecular weight is 439 g/mol. The zero-order chi connectivity index (χ0) is 22.6. The van der Waals surface area contributed by atoms with Crippen LogP contribution in [0, 0.1) is 0 Å². The van der Waals surface area contributed by atoms with Crippen molar-refractivity contribution in [2.45, 2.75) is 18.9 Å². The molecule has 4 aromatic rings. The molecule has 33 heavy (non-hydrogen) atoms. The molecule has 5 nitrogen and oxygen atoms in total. The summed E-state index contributed by atoms with van der Waals surface area (Å²) in [6, 6.07) is 21.6. The van der Waals surface area contributed by atoms with Crippen molar-refractivity contribution in [1.82, 2.24) is 10.3 Å². The van der Waals surface area contributed by atoms with Gasteiger partial charge in [-0.1, -0.05) is 60.7 Å². The molecule has 1 amide bonds. The van der Waals surface area contributed by atoms with Crippen LogP contribution in [0.4, 0.5) is 0 Å². The number of hydrogen-bond acceptors (Lipinski definition) is 3. The summed E-state index contributed by atoms with van der Waals surface area (Å²) in [6.45, 7) is 0.419. The molecule has 0 aliphatic carbocycles. The number of ether oxygens (including phenoxy) is 1. The highest BCUT2D eigenvalue weighted by Gasteiger charge is 2.24. The first-order chi connectivity index (χ1) is 16.2. The first-order valence-electron chi connectivity index (χ1n) is 11.2. The van der Waals surface area contributed by atoms with Gasteiger partial charge >= 0.3 is 0 Å². The van der Waals surface area contributed by atoms with Crippen LogP contribution in [-0.2, 0) is 12.8 Å². The summed E-state index contributed by atoms with van der Waals surface area (Å²) in [5.41, 5.74) is 5.69. The number of aliphatic hydroxyl groups excluding tert-OH is 1. The van der Waals surface area contributed by atoms with Gasteiger partial charge in [0, 0.05) is 23.5 Å². The summed E-state index contributed by atoms with van der Waals surface area (Å²) in [7, 11) is 0. The molecule has 3 aromatic carbocycles. The normalized spacial score (nSPS) is 13.7. The molecule has 1 aliphatic heterocycles. The minimum absolute atomic E-state index is 0.151. The van der Waals surface area contributed by atoms with Crippen molar-refractivity contribution in [2.75, 3.05) is 13.2 Å². The second kappa shape index (κ2) is 9.35. The van der Waals surface area contributed by atoms with Crippen molar-refractivity contribution in [3.8, 4) is 5.75 Å². The van der Waals surface area contributed by atoms with Crippen LogP contribution < -0.4 is 10.1 Å². The Morgan fingerprint density at radius 3 is 2.70 bits per heavy atom. The van der Waals surface area contributed by atoms with E-state index in [9.17, 15) is 9.90 Å². The number of H-pyrrole nitrogens is 1. The smallest absolute Gasteiger partial charge is 0.255 e. The van der Waals surface area contributed by atoms with Gasteiger partial charge in [-0.3, -0.25) is 4.79 Å². The largest absolute Gasteiger partial charge is 0.492 e. The molecule has 0 fully saturated rings. The van der Waals surface area contributed by atoms with Gasteiger partial charge in [0.05, 0.1) is 24.8 Å². The Morgan fingerprint density at radius 2 is 1.85 bits per heavy atom. The van der Waals surface area contributed by atoms with Crippen molar-refractivity contribution in [3.05, 3.63) is 101 Å². The van der Waals surface area contributed by atoms with Crippen molar-refractivity contribution < 1.29 is 14.6 Å². The quantitative estimate of drug-likeness (QED) is 0.369. The molecule has 5 heteroatoms. The molecule has 3 N–H and O–H groups in total. The molecule has 0 saturated heterocycles. The fourth-order valence-electron chi connectivity index (χ4n) is 4.34. The SMILES string of the molecule is O=C(N[C@@H](CO)Cc1c[nH]c2ccccc12)c1cc(/C=C/c2ccccc2)cc2c1OCC2. The maximum absolute atomic E-state index is 13.3. The van der Waals surface area contributed by atoms with Crippen molar-refractivity contribution in [2.24, 2.45) is 0 Å². The van der Waals surface area contributed by atoms with E-state index in [1.807, 2.05) is 79.0 Å².